The number of rotatable bonds is 5. The highest BCUT2D eigenvalue weighted by Gasteiger charge is 2.13. The summed E-state index contributed by atoms with van der Waals surface area (Å²) in [5.41, 5.74) is 0.834. The Morgan fingerprint density at radius 2 is 2.29 bits per heavy atom. The van der Waals surface area contributed by atoms with Crippen LogP contribution in [0.3, 0.4) is 0 Å². The van der Waals surface area contributed by atoms with Gasteiger partial charge in [-0.1, -0.05) is 13.0 Å². The van der Waals surface area contributed by atoms with E-state index in [9.17, 15) is 14.9 Å². The topological polar surface area (TPSA) is 84.0 Å². The Morgan fingerprint density at radius 3 is 2.76 bits per heavy atom. The van der Waals surface area contributed by atoms with E-state index in [0.717, 1.165) is 6.29 Å². The van der Waals surface area contributed by atoms with Crippen LogP contribution in [0.1, 0.15) is 24.5 Å². The van der Waals surface area contributed by atoms with Gasteiger partial charge < -0.3 is 4.79 Å². The molecule has 17 heavy (non-hydrogen) atoms. The highest BCUT2D eigenvalue weighted by molar-refractivity contribution is 5.55. The van der Waals surface area contributed by atoms with E-state index >= 15 is 0 Å². The Hall–Kier alpha value is -2.22. The summed E-state index contributed by atoms with van der Waals surface area (Å²) in [6, 6.07) is 6.07. The number of nitriles is 1. The van der Waals surface area contributed by atoms with Gasteiger partial charge in [0.2, 0.25) is 0 Å². The van der Waals surface area contributed by atoms with Crippen molar-refractivity contribution in [3.05, 3.63) is 39.4 Å². The zero-order valence-corrected chi connectivity index (χ0v) is 9.42. The molecular weight excluding hydrogens is 220 g/mol. The third kappa shape index (κ3) is 3.11. The van der Waals surface area contributed by atoms with Crippen LogP contribution in [-0.4, -0.2) is 11.2 Å². The van der Waals surface area contributed by atoms with Gasteiger partial charge in [-0.15, -0.1) is 0 Å². The fourth-order valence-electron chi connectivity index (χ4n) is 1.53. The van der Waals surface area contributed by atoms with Gasteiger partial charge >= 0.3 is 0 Å². The van der Waals surface area contributed by atoms with Gasteiger partial charge in [0.15, 0.2) is 0 Å². The number of hydrogen-bond acceptors (Lipinski definition) is 4. The zero-order valence-electron chi connectivity index (χ0n) is 9.42. The molecule has 0 aliphatic heterocycles. The predicted molar refractivity (Wildman–Crippen MR) is 61.4 cm³/mol. The summed E-state index contributed by atoms with van der Waals surface area (Å²) in [4.78, 5) is 20.7. The predicted octanol–water partition coefficient (Wildman–Crippen LogP) is 2.23. The summed E-state index contributed by atoms with van der Waals surface area (Å²) < 4.78 is 0. The Morgan fingerprint density at radius 1 is 1.59 bits per heavy atom. The molecule has 0 amide bonds. The van der Waals surface area contributed by atoms with E-state index in [1.165, 1.54) is 12.1 Å². The van der Waals surface area contributed by atoms with Gasteiger partial charge in [0, 0.05) is 18.1 Å². The van der Waals surface area contributed by atoms with Gasteiger partial charge in [0.25, 0.3) is 5.69 Å². The SMILES string of the molecule is CC[C@@H](C=O)Cc1ccc([N+](=O)[O-])cc1C#N. The molecule has 0 N–H and O–H groups in total. The van der Waals surface area contributed by atoms with Gasteiger partial charge in [-0.2, -0.15) is 5.26 Å². The van der Waals surface area contributed by atoms with Crippen molar-refractivity contribution in [1.82, 2.24) is 0 Å². The van der Waals surface area contributed by atoms with Crippen LogP contribution in [0.5, 0.6) is 0 Å². The lowest BCUT2D eigenvalue weighted by atomic mass is 9.95. The third-order valence-corrected chi connectivity index (χ3v) is 2.62. The normalized spacial score (nSPS) is 11.5. The lowest BCUT2D eigenvalue weighted by Crippen LogP contribution is -2.06. The number of benzene rings is 1. The van der Waals surface area contributed by atoms with E-state index in [-0.39, 0.29) is 17.2 Å². The highest BCUT2D eigenvalue weighted by atomic mass is 16.6. The van der Waals surface area contributed by atoms with Crippen LogP contribution >= 0.6 is 0 Å². The minimum atomic E-state index is -0.540. The first kappa shape index (κ1) is 12.8. The number of nitro groups is 1. The lowest BCUT2D eigenvalue weighted by Gasteiger charge is -2.08. The van der Waals surface area contributed by atoms with Crippen molar-refractivity contribution in [2.75, 3.05) is 0 Å². The van der Waals surface area contributed by atoms with Crippen molar-refractivity contribution >= 4 is 12.0 Å². The molecule has 1 aromatic rings. The average Bonchev–Trinajstić information content (AvgIpc) is 2.35. The van der Waals surface area contributed by atoms with E-state index in [1.807, 2.05) is 13.0 Å². The maximum Gasteiger partial charge on any atom is 0.270 e. The Labute approximate surface area is 98.8 Å². The van der Waals surface area contributed by atoms with Crippen LogP contribution < -0.4 is 0 Å². The highest BCUT2D eigenvalue weighted by Crippen LogP contribution is 2.20. The van der Waals surface area contributed by atoms with Gasteiger partial charge in [-0.3, -0.25) is 10.1 Å². The molecule has 0 saturated heterocycles. The second-order valence-corrected chi connectivity index (χ2v) is 3.72. The molecule has 0 aliphatic rings. The molecule has 0 bridgehead atoms. The van der Waals surface area contributed by atoms with Gasteiger partial charge in [-0.05, 0) is 18.4 Å². The zero-order chi connectivity index (χ0) is 12.8. The van der Waals surface area contributed by atoms with E-state index in [4.69, 9.17) is 5.26 Å². The number of non-ortho nitro benzene ring substituents is 1. The Balaban J connectivity index is 3.05. The summed E-state index contributed by atoms with van der Waals surface area (Å²) in [6.45, 7) is 1.89. The van der Waals surface area contributed by atoms with E-state index in [2.05, 4.69) is 0 Å². The second-order valence-electron chi connectivity index (χ2n) is 3.72. The number of carbonyl (C=O) groups excluding carboxylic acids is 1. The van der Waals surface area contributed by atoms with Crippen LogP contribution in [0.2, 0.25) is 0 Å². The van der Waals surface area contributed by atoms with Crippen LogP contribution in [0.25, 0.3) is 0 Å². The second kappa shape index (κ2) is 5.75. The molecule has 1 aromatic carbocycles. The minimum absolute atomic E-state index is 0.107. The summed E-state index contributed by atoms with van der Waals surface area (Å²) in [7, 11) is 0. The van der Waals surface area contributed by atoms with Crippen LogP contribution in [0, 0.1) is 27.4 Å². The average molecular weight is 232 g/mol. The maximum atomic E-state index is 10.7. The molecule has 0 unspecified atom stereocenters. The minimum Gasteiger partial charge on any atom is -0.303 e. The fourth-order valence-corrected chi connectivity index (χ4v) is 1.53. The van der Waals surface area contributed by atoms with Gasteiger partial charge in [-0.25, -0.2) is 0 Å². The first-order valence-corrected chi connectivity index (χ1v) is 5.25. The van der Waals surface area contributed by atoms with Gasteiger partial charge in [0.05, 0.1) is 16.6 Å². The monoisotopic (exact) mass is 232 g/mol. The molecule has 0 heterocycles. The lowest BCUT2D eigenvalue weighted by molar-refractivity contribution is -0.384. The van der Waals surface area contributed by atoms with Crippen molar-refractivity contribution in [3.63, 3.8) is 0 Å². The fraction of sp³-hybridized carbons (Fsp3) is 0.333. The molecule has 88 valence electrons. The summed E-state index contributed by atoms with van der Waals surface area (Å²) in [5.74, 6) is -0.149. The van der Waals surface area contributed by atoms with Crippen molar-refractivity contribution in [2.45, 2.75) is 19.8 Å². The Kier molecular flexibility index (Phi) is 4.35. The first-order valence-electron chi connectivity index (χ1n) is 5.25. The van der Waals surface area contributed by atoms with Crippen LogP contribution in [0.15, 0.2) is 18.2 Å². The number of hydrogen-bond donors (Lipinski definition) is 0. The molecule has 5 nitrogen and oxygen atoms in total. The summed E-state index contributed by atoms with van der Waals surface area (Å²) >= 11 is 0. The third-order valence-electron chi connectivity index (χ3n) is 2.62. The van der Waals surface area contributed by atoms with E-state index < -0.39 is 4.92 Å². The van der Waals surface area contributed by atoms with E-state index in [0.29, 0.717) is 18.4 Å². The molecule has 0 spiro atoms. The number of aldehydes is 1. The molecule has 1 atom stereocenters. The number of carbonyl (C=O) groups is 1. The largest absolute Gasteiger partial charge is 0.303 e. The standard InChI is InChI=1S/C12H12N2O3/c1-2-9(8-15)5-10-3-4-12(14(16)17)6-11(10)7-13/h3-4,6,8-9H,2,5H2,1H3/t9-/m1/s1. The molecule has 0 saturated carbocycles. The number of nitro benzene ring substituents is 1. The molecule has 0 aliphatic carbocycles. The molecular formula is C12H12N2O3. The smallest absolute Gasteiger partial charge is 0.270 e. The quantitative estimate of drug-likeness (QED) is 0.442. The van der Waals surface area contributed by atoms with Crippen LogP contribution in [-0.2, 0) is 11.2 Å². The summed E-state index contributed by atoms with van der Waals surface area (Å²) in [6.07, 6.45) is 1.98. The van der Waals surface area contributed by atoms with Crippen molar-refractivity contribution in [1.29, 1.82) is 5.26 Å². The number of nitrogens with zero attached hydrogens (tertiary/aromatic N) is 2. The van der Waals surface area contributed by atoms with Gasteiger partial charge in [0.1, 0.15) is 6.29 Å². The first-order chi connectivity index (χ1) is 8.12. The Bertz CT molecular complexity index is 477. The summed E-state index contributed by atoms with van der Waals surface area (Å²) in [5, 5.41) is 19.5. The van der Waals surface area contributed by atoms with Crippen molar-refractivity contribution in [3.8, 4) is 6.07 Å². The van der Waals surface area contributed by atoms with Crippen LogP contribution in [0.4, 0.5) is 5.69 Å². The van der Waals surface area contributed by atoms with E-state index in [1.54, 1.807) is 6.07 Å². The van der Waals surface area contributed by atoms with Crippen molar-refractivity contribution in [2.24, 2.45) is 5.92 Å². The van der Waals surface area contributed by atoms with Crippen molar-refractivity contribution < 1.29 is 9.72 Å². The maximum absolute atomic E-state index is 10.7. The molecule has 0 aromatic heterocycles. The molecule has 5 heteroatoms. The molecule has 0 fully saturated rings. The molecule has 0 radical (unpaired) electrons. The molecule has 1 rings (SSSR count).